The first-order valence-electron chi connectivity index (χ1n) is 11.9. The Balaban J connectivity index is 1.79. The lowest BCUT2D eigenvalue weighted by Gasteiger charge is -2.30. The third-order valence-electron chi connectivity index (χ3n) is 5.92. The minimum atomic E-state index is -1.15. The summed E-state index contributed by atoms with van der Waals surface area (Å²) >= 11 is 0. The highest BCUT2D eigenvalue weighted by Gasteiger charge is 2.33. The fourth-order valence-corrected chi connectivity index (χ4v) is 3.86. The topological polar surface area (TPSA) is 84.2 Å². The number of pyridine rings is 1. The van der Waals surface area contributed by atoms with Gasteiger partial charge in [-0.3, -0.25) is 4.79 Å². The van der Waals surface area contributed by atoms with E-state index in [9.17, 15) is 14.4 Å². The molecule has 0 unspecified atom stereocenters. The zero-order valence-corrected chi connectivity index (χ0v) is 21.1. The van der Waals surface area contributed by atoms with E-state index in [0.29, 0.717) is 23.6 Å². The number of ether oxygens (including phenoxy) is 2. The lowest BCUT2D eigenvalue weighted by Crippen LogP contribution is -2.51. The summed E-state index contributed by atoms with van der Waals surface area (Å²) in [6, 6.07) is 20.4. The molecule has 7 heteroatoms. The van der Waals surface area contributed by atoms with Crippen LogP contribution in [0.3, 0.4) is 0 Å². The maximum absolute atomic E-state index is 13.2. The van der Waals surface area contributed by atoms with Crippen LogP contribution in [0.5, 0.6) is 11.6 Å². The Bertz CT molecular complexity index is 1190. The summed E-state index contributed by atoms with van der Waals surface area (Å²) in [6.45, 7) is 6.76. The number of carbonyl (C=O) groups is 1. The molecule has 1 heterocycles. The van der Waals surface area contributed by atoms with Crippen LogP contribution in [0.1, 0.15) is 48.9 Å². The van der Waals surface area contributed by atoms with Crippen molar-refractivity contribution in [1.82, 2.24) is 10.3 Å². The van der Waals surface area contributed by atoms with Crippen LogP contribution < -0.4 is 14.8 Å². The molecule has 0 saturated heterocycles. The average Bonchev–Trinajstić information content (AvgIpc) is 2.87. The molecule has 0 radical (unpaired) electrons. The maximum atomic E-state index is 13.2. The standard InChI is InChI=1S/C29H32FN3O3/c1-20-8-13-27(32-19-20)36-29(3,4)28(34)33-21(2)26(24-7-5-6-23(16-24)18-31)17-22-9-11-25(12-10-22)35-15-14-30/h5-13,16,19,21,26H,14-15,17H2,1-4H3,(H,33,34)/t21-,26+/m0/s1/i30-1. The van der Waals surface area contributed by atoms with Gasteiger partial charge in [0.15, 0.2) is 5.60 Å². The second-order valence-electron chi connectivity index (χ2n) is 9.28. The quantitative estimate of drug-likeness (QED) is 0.396. The van der Waals surface area contributed by atoms with E-state index in [2.05, 4.69) is 16.4 Å². The first-order valence-corrected chi connectivity index (χ1v) is 11.9. The molecule has 0 fully saturated rings. The lowest BCUT2D eigenvalue weighted by atomic mass is 9.85. The zero-order chi connectivity index (χ0) is 26.1. The van der Waals surface area contributed by atoms with Gasteiger partial charge in [0.05, 0.1) is 11.6 Å². The van der Waals surface area contributed by atoms with E-state index in [1.807, 2.05) is 62.4 Å². The van der Waals surface area contributed by atoms with E-state index in [0.717, 1.165) is 16.7 Å². The molecule has 188 valence electrons. The van der Waals surface area contributed by atoms with Crippen LogP contribution in [0.4, 0.5) is 4.39 Å². The highest BCUT2D eigenvalue weighted by molar-refractivity contribution is 5.85. The molecular weight excluding hydrogens is 456 g/mol. The molecule has 2 aromatic carbocycles. The summed E-state index contributed by atoms with van der Waals surface area (Å²) in [4.78, 5) is 17.5. The van der Waals surface area contributed by atoms with Crippen molar-refractivity contribution < 1.29 is 18.7 Å². The molecule has 3 rings (SSSR count). The Kier molecular flexibility index (Phi) is 9.02. The Labute approximate surface area is 212 Å². The normalized spacial score (nSPS) is 12.8. The number of aryl methyl sites for hydroxylation is 1. The van der Waals surface area contributed by atoms with Crippen molar-refractivity contribution in [3.05, 3.63) is 89.1 Å². The van der Waals surface area contributed by atoms with Crippen LogP contribution in [-0.4, -0.2) is 35.8 Å². The number of alkyl halides is 1. The number of carbonyl (C=O) groups excluding carboxylic acids is 1. The smallest absolute Gasteiger partial charge is 0.263 e. The van der Waals surface area contributed by atoms with E-state index in [1.165, 1.54) is 0 Å². The fourth-order valence-electron chi connectivity index (χ4n) is 3.86. The van der Waals surface area contributed by atoms with Crippen LogP contribution in [-0.2, 0) is 11.2 Å². The van der Waals surface area contributed by atoms with Crippen molar-refractivity contribution in [3.8, 4) is 17.7 Å². The molecule has 0 aliphatic rings. The average molecular weight is 489 g/mol. The van der Waals surface area contributed by atoms with Crippen LogP contribution in [0.25, 0.3) is 0 Å². The Morgan fingerprint density at radius 3 is 2.56 bits per heavy atom. The monoisotopic (exact) mass is 488 g/mol. The van der Waals surface area contributed by atoms with Crippen molar-refractivity contribution in [2.75, 3.05) is 13.3 Å². The molecule has 0 aliphatic heterocycles. The number of benzene rings is 2. The van der Waals surface area contributed by atoms with Crippen molar-refractivity contribution >= 4 is 5.91 Å². The van der Waals surface area contributed by atoms with Gasteiger partial charge in [-0.05, 0) is 75.1 Å². The minimum Gasteiger partial charge on any atom is -0.491 e. The van der Waals surface area contributed by atoms with Gasteiger partial charge in [0.25, 0.3) is 5.91 Å². The number of amides is 1. The van der Waals surface area contributed by atoms with Gasteiger partial charge in [-0.1, -0.05) is 30.3 Å². The Hall–Kier alpha value is -3.92. The van der Waals surface area contributed by atoms with Crippen molar-refractivity contribution in [3.63, 3.8) is 0 Å². The van der Waals surface area contributed by atoms with E-state index in [4.69, 9.17) is 9.47 Å². The number of hydrogen-bond acceptors (Lipinski definition) is 5. The molecule has 0 bridgehead atoms. The van der Waals surface area contributed by atoms with Gasteiger partial charge in [-0.25, -0.2) is 9.37 Å². The first-order chi connectivity index (χ1) is 17.2. The third kappa shape index (κ3) is 7.29. The number of rotatable bonds is 11. The third-order valence-corrected chi connectivity index (χ3v) is 5.92. The highest BCUT2D eigenvalue weighted by atomic mass is 18.2. The molecule has 0 spiro atoms. The van der Waals surface area contributed by atoms with Gasteiger partial charge in [0.2, 0.25) is 5.88 Å². The van der Waals surface area contributed by atoms with Gasteiger partial charge in [-0.2, -0.15) is 5.26 Å². The van der Waals surface area contributed by atoms with Gasteiger partial charge >= 0.3 is 0 Å². The fraction of sp³-hybridized carbons (Fsp3) is 0.345. The van der Waals surface area contributed by atoms with Gasteiger partial charge in [-0.15, -0.1) is 0 Å². The highest BCUT2D eigenvalue weighted by Crippen LogP contribution is 2.27. The van der Waals surface area contributed by atoms with E-state index < -0.39 is 12.3 Å². The van der Waals surface area contributed by atoms with Crippen LogP contribution in [0.2, 0.25) is 0 Å². The zero-order valence-electron chi connectivity index (χ0n) is 21.1. The van der Waals surface area contributed by atoms with Crippen LogP contribution in [0.15, 0.2) is 66.9 Å². The van der Waals surface area contributed by atoms with Crippen molar-refractivity contribution in [2.45, 2.75) is 51.7 Å². The molecule has 6 nitrogen and oxygen atoms in total. The summed E-state index contributed by atoms with van der Waals surface area (Å²) in [5.74, 6) is 0.591. The van der Waals surface area contributed by atoms with Crippen molar-refractivity contribution in [2.24, 2.45) is 0 Å². The molecule has 0 aliphatic carbocycles. The predicted octanol–water partition coefficient (Wildman–Crippen LogP) is 5.30. The Morgan fingerprint density at radius 1 is 1.17 bits per heavy atom. The maximum Gasteiger partial charge on any atom is 0.263 e. The predicted molar refractivity (Wildman–Crippen MR) is 137 cm³/mol. The van der Waals surface area contributed by atoms with Gasteiger partial charge in [0.1, 0.15) is 19.0 Å². The largest absolute Gasteiger partial charge is 0.491 e. The summed E-state index contributed by atoms with van der Waals surface area (Å²) in [5, 5.41) is 12.5. The van der Waals surface area contributed by atoms with Crippen molar-refractivity contribution in [1.29, 1.82) is 5.26 Å². The van der Waals surface area contributed by atoms with Crippen LogP contribution >= 0.6 is 0 Å². The SMILES string of the molecule is Cc1ccc(OC(C)(C)C(=O)N[C@@H](C)[C@@H](Cc2ccc(OCC[18F])cc2)c2cccc(C#N)c2)nc1. The number of aromatic nitrogens is 1. The molecular formula is C29H32FN3O3. The number of hydrogen-bond donors (Lipinski definition) is 1. The number of halogens is 1. The molecule has 1 N–H and O–H groups in total. The summed E-state index contributed by atoms with van der Waals surface area (Å²) in [6.07, 6.45) is 2.30. The summed E-state index contributed by atoms with van der Waals surface area (Å²) in [5.41, 5.74) is 2.38. The number of nitrogens with zero attached hydrogens (tertiary/aromatic N) is 2. The molecule has 1 amide bonds. The molecule has 36 heavy (non-hydrogen) atoms. The summed E-state index contributed by atoms with van der Waals surface area (Å²) < 4.78 is 23.6. The second kappa shape index (κ2) is 12.2. The molecule has 0 saturated carbocycles. The summed E-state index contributed by atoms with van der Waals surface area (Å²) in [7, 11) is 0. The van der Waals surface area contributed by atoms with E-state index in [1.54, 1.807) is 32.2 Å². The lowest BCUT2D eigenvalue weighted by molar-refractivity contribution is -0.135. The number of nitrogens with one attached hydrogen (secondary N) is 1. The first kappa shape index (κ1) is 26.7. The number of nitriles is 1. The van der Waals surface area contributed by atoms with Gasteiger partial charge < -0.3 is 14.8 Å². The second-order valence-corrected chi connectivity index (χ2v) is 9.28. The van der Waals surface area contributed by atoms with E-state index in [-0.39, 0.29) is 24.5 Å². The van der Waals surface area contributed by atoms with Crippen LogP contribution in [0, 0.1) is 18.3 Å². The van der Waals surface area contributed by atoms with E-state index >= 15 is 0 Å². The minimum absolute atomic E-state index is 0.0158. The molecule has 2 atom stereocenters. The van der Waals surface area contributed by atoms with Gasteiger partial charge in [0, 0.05) is 24.2 Å². The molecule has 1 aromatic heterocycles. The Morgan fingerprint density at radius 2 is 1.92 bits per heavy atom. The molecule has 3 aromatic rings.